The number of carbonyl (C=O) groups is 2. The van der Waals surface area contributed by atoms with Crippen LogP contribution >= 0.6 is 0 Å². The topological polar surface area (TPSA) is 78.1 Å². The van der Waals surface area contributed by atoms with E-state index in [9.17, 15) is 22.8 Å². The number of hydrogen-bond acceptors (Lipinski definition) is 3. The minimum atomic E-state index is -4.44. The van der Waals surface area contributed by atoms with E-state index in [1.165, 1.54) is 12.1 Å². The highest BCUT2D eigenvalue weighted by Gasteiger charge is 2.31. The number of amides is 2. The zero-order chi connectivity index (χ0) is 20.3. The van der Waals surface area contributed by atoms with Crippen molar-refractivity contribution in [2.75, 3.05) is 13.1 Å². The Morgan fingerprint density at radius 1 is 1.32 bits per heavy atom. The zero-order valence-corrected chi connectivity index (χ0v) is 15.4. The van der Waals surface area contributed by atoms with Gasteiger partial charge in [0.1, 0.15) is 0 Å². The van der Waals surface area contributed by atoms with Gasteiger partial charge in [0.25, 0.3) is 5.91 Å². The highest BCUT2D eigenvalue weighted by Crippen LogP contribution is 2.30. The number of alkyl halides is 3. The number of hydrogen-bond donors (Lipinski definition) is 2. The van der Waals surface area contributed by atoms with Crippen molar-refractivity contribution >= 4 is 11.8 Å². The summed E-state index contributed by atoms with van der Waals surface area (Å²) in [6.45, 7) is 3.15. The molecule has 2 heterocycles. The number of benzene rings is 1. The minimum absolute atomic E-state index is 0.114. The largest absolute Gasteiger partial charge is 0.416 e. The highest BCUT2D eigenvalue weighted by molar-refractivity contribution is 5.94. The molecule has 150 valence electrons. The molecule has 1 aromatic carbocycles. The van der Waals surface area contributed by atoms with E-state index in [1.807, 2.05) is 6.92 Å². The molecular weight excluding hydrogens is 373 g/mol. The van der Waals surface area contributed by atoms with Crippen molar-refractivity contribution in [3.05, 3.63) is 52.3 Å². The van der Waals surface area contributed by atoms with Gasteiger partial charge in [-0.2, -0.15) is 18.3 Å². The Labute approximate surface area is 160 Å². The molecule has 2 aromatic rings. The van der Waals surface area contributed by atoms with Crippen molar-refractivity contribution in [2.24, 2.45) is 0 Å². The monoisotopic (exact) mass is 394 g/mol. The molecule has 0 saturated heterocycles. The fourth-order valence-corrected chi connectivity index (χ4v) is 3.19. The molecule has 0 aliphatic carbocycles. The third kappa shape index (κ3) is 4.35. The summed E-state index contributed by atoms with van der Waals surface area (Å²) in [7, 11) is 0. The van der Waals surface area contributed by atoms with Crippen LogP contribution < -0.4 is 5.32 Å². The van der Waals surface area contributed by atoms with Crippen LogP contribution in [0.5, 0.6) is 0 Å². The van der Waals surface area contributed by atoms with Crippen molar-refractivity contribution in [1.29, 1.82) is 0 Å². The molecule has 0 fully saturated rings. The number of halogens is 3. The number of aromatic amines is 1. The second-order valence-corrected chi connectivity index (χ2v) is 6.73. The molecule has 1 aromatic heterocycles. The van der Waals surface area contributed by atoms with E-state index >= 15 is 0 Å². The minimum Gasteiger partial charge on any atom is -0.351 e. The average molecular weight is 394 g/mol. The Morgan fingerprint density at radius 2 is 2.11 bits per heavy atom. The van der Waals surface area contributed by atoms with Crippen LogP contribution in [0.3, 0.4) is 0 Å². The smallest absolute Gasteiger partial charge is 0.351 e. The summed E-state index contributed by atoms with van der Waals surface area (Å²) in [5.74, 6) is -0.514. The van der Waals surface area contributed by atoms with E-state index in [0.717, 1.165) is 24.1 Å². The molecule has 0 saturated carbocycles. The fraction of sp³-hybridized carbons (Fsp3) is 0.421. The molecule has 0 unspecified atom stereocenters. The number of carbonyl (C=O) groups excluding carboxylic acids is 2. The molecule has 2 N–H and O–H groups in total. The number of nitrogens with zero attached hydrogens (tertiary/aromatic N) is 2. The number of rotatable bonds is 5. The predicted molar refractivity (Wildman–Crippen MR) is 95.5 cm³/mol. The Morgan fingerprint density at radius 3 is 2.82 bits per heavy atom. The van der Waals surface area contributed by atoms with Gasteiger partial charge in [-0.1, -0.05) is 25.1 Å². The normalized spacial score (nSPS) is 13.9. The number of nitrogens with one attached hydrogen (secondary N) is 2. The van der Waals surface area contributed by atoms with Crippen molar-refractivity contribution in [3.8, 4) is 0 Å². The van der Waals surface area contributed by atoms with Crippen molar-refractivity contribution < 1.29 is 22.8 Å². The van der Waals surface area contributed by atoms with Gasteiger partial charge in [-0.3, -0.25) is 14.7 Å². The molecule has 2 amide bonds. The van der Waals surface area contributed by atoms with Crippen LogP contribution in [0, 0.1) is 0 Å². The van der Waals surface area contributed by atoms with Crippen molar-refractivity contribution in [3.63, 3.8) is 0 Å². The molecule has 0 atom stereocenters. The molecule has 0 spiro atoms. The lowest BCUT2D eigenvalue weighted by Crippen LogP contribution is -2.37. The maximum absolute atomic E-state index is 12.8. The van der Waals surface area contributed by atoms with E-state index in [4.69, 9.17) is 0 Å². The molecule has 6 nitrogen and oxygen atoms in total. The summed E-state index contributed by atoms with van der Waals surface area (Å²) in [6.07, 6.45) is -3.27. The van der Waals surface area contributed by atoms with Gasteiger partial charge in [-0.15, -0.1) is 0 Å². The Kier molecular flexibility index (Phi) is 5.71. The maximum Gasteiger partial charge on any atom is 0.416 e. The second kappa shape index (κ2) is 8.04. The zero-order valence-electron chi connectivity index (χ0n) is 15.4. The van der Waals surface area contributed by atoms with Gasteiger partial charge in [-0.25, -0.2) is 0 Å². The van der Waals surface area contributed by atoms with Crippen LogP contribution in [0.15, 0.2) is 24.3 Å². The first-order chi connectivity index (χ1) is 13.3. The first-order valence-corrected chi connectivity index (χ1v) is 9.07. The lowest BCUT2D eigenvalue weighted by atomic mass is 10.0. The number of aromatic nitrogens is 2. The van der Waals surface area contributed by atoms with Gasteiger partial charge < -0.3 is 10.2 Å². The highest BCUT2D eigenvalue weighted by atomic mass is 19.4. The van der Waals surface area contributed by atoms with Gasteiger partial charge in [0, 0.05) is 18.7 Å². The van der Waals surface area contributed by atoms with Crippen LogP contribution in [0.25, 0.3) is 0 Å². The first-order valence-electron chi connectivity index (χ1n) is 9.07. The van der Waals surface area contributed by atoms with Crippen LogP contribution in [-0.2, 0) is 30.4 Å². The molecule has 1 aliphatic heterocycles. The van der Waals surface area contributed by atoms with E-state index in [1.54, 1.807) is 4.90 Å². The molecule has 1 aliphatic rings. The van der Waals surface area contributed by atoms with E-state index < -0.39 is 11.7 Å². The van der Waals surface area contributed by atoms with Crippen LogP contribution in [-0.4, -0.2) is 40.0 Å². The molecule has 9 heteroatoms. The van der Waals surface area contributed by atoms with E-state index in [0.29, 0.717) is 36.5 Å². The quantitative estimate of drug-likeness (QED) is 0.819. The molecule has 3 rings (SSSR count). The maximum atomic E-state index is 12.8. The summed E-state index contributed by atoms with van der Waals surface area (Å²) in [6, 6.07) is 4.79. The number of H-pyrrole nitrogens is 1. The predicted octanol–water partition coefficient (Wildman–Crippen LogP) is 2.70. The van der Waals surface area contributed by atoms with Crippen LogP contribution in [0.1, 0.15) is 46.2 Å². The number of fused-ring (bicyclic) bond motifs is 1. The summed E-state index contributed by atoms with van der Waals surface area (Å²) in [5, 5.41) is 9.65. The van der Waals surface area contributed by atoms with Gasteiger partial charge in [-0.05, 0) is 24.5 Å². The molecule has 0 bridgehead atoms. The summed E-state index contributed by atoms with van der Waals surface area (Å²) < 4.78 is 38.5. The van der Waals surface area contributed by atoms with Crippen molar-refractivity contribution in [1.82, 2.24) is 20.4 Å². The summed E-state index contributed by atoms with van der Waals surface area (Å²) in [5.41, 5.74) is 1.36. The van der Waals surface area contributed by atoms with E-state index in [2.05, 4.69) is 15.5 Å². The van der Waals surface area contributed by atoms with Gasteiger partial charge in [0.2, 0.25) is 5.91 Å². The van der Waals surface area contributed by atoms with Gasteiger partial charge in [0.15, 0.2) is 5.69 Å². The Bertz CT molecular complexity index is 876. The van der Waals surface area contributed by atoms with Crippen LogP contribution in [0.2, 0.25) is 0 Å². The average Bonchev–Trinajstić information content (AvgIpc) is 3.09. The van der Waals surface area contributed by atoms with E-state index in [-0.39, 0.29) is 24.8 Å². The van der Waals surface area contributed by atoms with Crippen LogP contribution in [0.4, 0.5) is 13.2 Å². The summed E-state index contributed by atoms with van der Waals surface area (Å²) in [4.78, 5) is 26.3. The standard InChI is InChI=1S/C19H21F3N4O2/c1-2-7-23-18(28)17-14-6-8-26(11-15(14)24-25-17)16(27)10-12-4-3-5-13(9-12)19(20,21)22/h3-5,9H,2,6-8,10-11H2,1H3,(H,23,28)(H,24,25). The molecular formula is C19H21F3N4O2. The Balaban J connectivity index is 1.67. The first kappa shape index (κ1) is 19.9. The lowest BCUT2D eigenvalue weighted by Gasteiger charge is -2.27. The second-order valence-electron chi connectivity index (χ2n) is 6.73. The lowest BCUT2D eigenvalue weighted by molar-refractivity contribution is -0.138. The third-order valence-electron chi connectivity index (χ3n) is 4.65. The fourth-order valence-electron chi connectivity index (χ4n) is 3.19. The van der Waals surface area contributed by atoms with Gasteiger partial charge in [0.05, 0.1) is 24.2 Å². The SMILES string of the molecule is CCCNC(=O)c1n[nH]c2c1CCN(C(=O)Cc1cccc(C(F)(F)F)c1)C2. The van der Waals surface area contributed by atoms with Gasteiger partial charge >= 0.3 is 6.18 Å². The summed E-state index contributed by atoms with van der Waals surface area (Å²) >= 11 is 0. The third-order valence-corrected chi connectivity index (χ3v) is 4.65. The molecule has 28 heavy (non-hydrogen) atoms. The Hall–Kier alpha value is -2.84. The van der Waals surface area contributed by atoms with Crippen molar-refractivity contribution in [2.45, 2.75) is 38.9 Å². The molecule has 0 radical (unpaired) electrons.